The highest BCUT2D eigenvalue weighted by atomic mass is 35.5. The van der Waals surface area contributed by atoms with Crippen LogP contribution in [0.15, 0.2) is 42.5 Å². The number of hydrogen-bond donors (Lipinski definition) is 2. The molecule has 1 saturated carbocycles. The standard InChI is InChI=1S/C26H31Cl2N3O2/c27-22-11-10-18(16-23(22)28)17-31-14-12-19(13-15-31)25(32)30-24-9-5-4-8-21(24)26(33)29-20-6-2-1-3-7-20/h4-5,8-11,16,19-20H,1-3,6-7,12-15,17H2,(H,29,33)(H,30,32). The lowest BCUT2D eigenvalue weighted by atomic mass is 9.94. The summed E-state index contributed by atoms with van der Waals surface area (Å²) in [4.78, 5) is 28.2. The van der Waals surface area contributed by atoms with Crippen LogP contribution in [0.1, 0.15) is 60.9 Å². The van der Waals surface area contributed by atoms with Crippen molar-refractivity contribution < 1.29 is 9.59 Å². The molecule has 1 aliphatic heterocycles. The summed E-state index contributed by atoms with van der Waals surface area (Å²) in [5, 5.41) is 7.30. The molecule has 4 rings (SSSR count). The van der Waals surface area contributed by atoms with Gasteiger partial charge in [0.05, 0.1) is 21.3 Å². The number of anilines is 1. The summed E-state index contributed by atoms with van der Waals surface area (Å²) in [5.41, 5.74) is 2.24. The number of carbonyl (C=O) groups is 2. The second kappa shape index (κ2) is 11.4. The average Bonchev–Trinajstić information content (AvgIpc) is 2.83. The molecule has 0 spiro atoms. The number of hydrogen-bond acceptors (Lipinski definition) is 3. The summed E-state index contributed by atoms with van der Waals surface area (Å²) < 4.78 is 0. The molecule has 2 N–H and O–H groups in total. The van der Waals surface area contributed by atoms with E-state index in [1.54, 1.807) is 6.07 Å². The molecule has 2 amide bonds. The second-order valence-corrected chi connectivity index (χ2v) is 9.96. The lowest BCUT2D eigenvalue weighted by Crippen LogP contribution is -2.38. The Morgan fingerprint density at radius 3 is 2.36 bits per heavy atom. The minimum atomic E-state index is -0.103. The molecule has 2 aromatic carbocycles. The van der Waals surface area contributed by atoms with E-state index < -0.39 is 0 Å². The molecule has 0 aromatic heterocycles. The maximum Gasteiger partial charge on any atom is 0.253 e. The van der Waals surface area contributed by atoms with Crippen LogP contribution in [0, 0.1) is 5.92 Å². The smallest absolute Gasteiger partial charge is 0.253 e. The zero-order valence-electron chi connectivity index (χ0n) is 18.8. The topological polar surface area (TPSA) is 61.4 Å². The van der Waals surface area contributed by atoms with E-state index in [1.165, 1.54) is 6.42 Å². The molecule has 0 unspecified atom stereocenters. The summed E-state index contributed by atoms with van der Waals surface area (Å²) in [5.74, 6) is -0.180. The third-order valence-corrected chi connectivity index (χ3v) is 7.46. The number of halogens is 2. The quantitative estimate of drug-likeness (QED) is 0.532. The van der Waals surface area contributed by atoms with Crippen LogP contribution >= 0.6 is 23.2 Å². The molecule has 1 heterocycles. The number of likely N-dealkylation sites (tertiary alicyclic amines) is 1. The zero-order chi connectivity index (χ0) is 23.2. The van der Waals surface area contributed by atoms with Gasteiger partial charge >= 0.3 is 0 Å². The van der Waals surface area contributed by atoms with Gasteiger partial charge in [-0.2, -0.15) is 0 Å². The van der Waals surface area contributed by atoms with E-state index in [1.807, 2.05) is 36.4 Å². The molecular formula is C26H31Cl2N3O2. The Hall–Kier alpha value is -2.08. The monoisotopic (exact) mass is 487 g/mol. The Morgan fingerprint density at radius 2 is 1.64 bits per heavy atom. The van der Waals surface area contributed by atoms with Gasteiger partial charge in [0.25, 0.3) is 5.91 Å². The van der Waals surface area contributed by atoms with Gasteiger partial charge in [0.2, 0.25) is 5.91 Å². The fraction of sp³-hybridized carbons (Fsp3) is 0.462. The summed E-state index contributed by atoms with van der Waals surface area (Å²) in [6.07, 6.45) is 7.18. The van der Waals surface area contributed by atoms with Crippen molar-refractivity contribution >= 4 is 40.7 Å². The Morgan fingerprint density at radius 1 is 0.909 bits per heavy atom. The highest BCUT2D eigenvalue weighted by molar-refractivity contribution is 6.42. The van der Waals surface area contributed by atoms with Crippen LogP contribution < -0.4 is 10.6 Å². The van der Waals surface area contributed by atoms with E-state index in [2.05, 4.69) is 15.5 Å². The molecule has 0 radical (unpaired) electrons. The van der Waals surface area contributed by atoms with Crippen LogP contribution in [0.2, 0.25) is 10.0 Å². The molecule has 0 atom stereocenters. The summed E-state index contributed by atoms with van der Waals surface area (Å²) in [6, 6.07) is 13.2. The molecule has 2 fully saturated rings. The number of benzene rings is 2. The molecule has 1 aliphatic carbocycles. The van der Waals surface area contributed by atoms with Gasteiger partial charge in [-0.25, -0.2) is 0 Å². The maximum atomic E-state index is 13.0. The van der Waals surface area contributed by atoms with E-state index in [9.17, 15) is 9.59 Å². The number of nitrogens with one attached hydrogen (secondary N) is 2. The minimum absolute atomic E-state index is 0.0119. The third kappa shape index (κ3) is 6.50. The highest BCUT2D eigenvalue weighted by Crippen LogP contribution is 2.26. The summed E-state index contributed by atoms with van der Waals surface area (Å²) >= 11 is 12.1. The Kier molecular flexibility index (Phi) is 8.29. The van der Waals surface area contributed by atoms with Crippen molar-refractivity contribution in [2.75, 3.05) is 18.4 Å². The van der Waals surface area contributed by atoms with Crippen molar-refractivity contribution in [3.63, 3.8) is 0 Å². The molecule has 2 aromatic rings. The largest absolute Gasteiger partial charge is 0.349 e. The van der Waals surface area contributed by atoms with Crippen molar-refractivity contribution in [1.82, 2.24) is 10.2 Å². The number of carbonyl (C=O) groups excluding carboxylic acids is 2. The fourth-order valence-corrected chi connectivity index (χ4v) is 5.11. The number of rotatable bonds is 6. The molecule has 2 aliphatic rings. The fourth-order valence-electron chi connectivity index (χ4n) is 4.78. The first-order valence-electron chi connectivity index (χ1n) is 11.9. The number of para-hydroxylation sites is 1. The predicted octanol–water partition coefficient (Wildman–Crippen LogP) is 5.91. The number of piperidine rings is 1. The van der Waals surface area contributed by atoms with E-state index >= 15 is 0 Å². The Labute approximate surface area is 205 Å². The van der Waals surface area contributed by atoms with Crippen molar-refractivity contribution in [2.45, 2.75) is 57.5 Å². The second-order valence-electron chi connectivity index (χ2n) is 9.14. The van der Waals surface area contributed by atoms with Gasteiger partial charge in [-0.1, -0.05) is 60.7 Å². The van der Waals surface area contributed by atoms with E-state index in [0.717, 1.165) is 63.7 Å². The van der Waals surface area contributed by atoms with E-state index in [-0.39, 0.29) is 23.8 Å². The van der Waals surface area contributed by atoms with E-state index in [4.69, 9.17) is 23.2 Å². The average molecular weight is 488 g/mol. The molecule has 7 heteroatoms. The minimum Gasteiger partial charge on any atom is -0.349 e. The van der Waals surface area contributed by atoms with Gasteiger partial charge < -0.3 is 10.6 Å². The Balaban J connectivity index is 1.31. The highest BCUT2D eigenvalue weighted by Gasteiger charge is 2.26. The summed E-state index contributed by atoms with van der Waals surface area (Å²) in [7, 11) is 0. The Bertz CT molecular complexity index is 983. The van der Waals surface area contributed by atoms with Gasteiger partial charge in [0.15, 0.2) is 0 Å². The van der Waals surface area contributed by atoms with E-state index in [0.29, 0.717) is 21.3 Å². The van der Waals surface area contributed by atoms with Crippen LogP contribution in [0.25, 0.3) is 0 Å². The van der Waals surface area contributed by atoms with Gasteiger partial charge in [-0.3, -0.25) is 14.5 Å². The maximum absolute atomic E-state index is 13.0. The molecule has 176 valence electrons. The lowest BCUT2D eigenvalue weighted by Gasteiger charge is -2.31. The zero-order valence-corrected chi connectivity index (χ0v) is 20.3. The molecular weight excluding hydrogens is 457 g/mol. The molecule has 33 heavy (non-hydrogen) atoms. The predicted molar refractivity (Wildman–Crippen MR) is 134 cm³/mol. The van der Waals surface area contributed by atoms with Crippen LogP contribution in [0.3, 0.4) is 0 Å². The molecule has 0 bridgehead atoms. The lowest BCUT2D eigenvalue weighted by molar-refractivity contribution is -0.121. The van der Waals surface area contributed by atoms with Crippen molar-refractivity contribution in [3.05, 3.63) is 63.6 Å². The number of nitrogens with zero attached hydrogens (tertiary/aromatic N) is 1. The van der Waals surface area contributed by atoms with Crippen LogP contribution in [0.4, 0.5) is 5.69 Å². The SMILES string of the molecule is O=C(NC1CCCCC1)c1ccccc1NC(=O)C1CCN(Cc2ccc(Cl)c(Cl)c2)CC1. The van der Waals surface area contributed by atoms with Crippen molar-refractivity contribution in [3.8, 4) is 0 Å². The molecule has 1 saturated heterocycles. The van der Waals surface area contributed by atoms with Crippen LogP contribution in [0.5, 0.6) is 0 Å². The van der Waals surface area contributed by atoms with Gasteiger partial charge in [0, 0.05) is 18.5 Å². The van der Waals surface area contributed by atoms with Gasteiger partial charge in [-0.05, 0) is 68.6 Å². The first-order chi connectivity index (χ1) is 16.0. The van der Waals surface area contributed by atoms with Crippen molar-refractivity contribution in [2.24, 2.45) is 5.92 Å². The van der Waals surface area contributed by atoms with Gasteiger partial charge in [-0.15, -0.1) is 0 Å². The molecule has 5 nitrogen and oxygen atoms in total. The van der Waals surface area contributed by atoms with Gasteiger partial charge in [0.1, 0.15) is 0 Å². The van der Waals surface area contributed by atoms with Crippen LogP contribution in [-0.2, 0) is 11.3 Å². The third-order valence-electron chi connectivity index (χ3n) is 6.72. The first kappa shape index (κ1) is 24.1. The van der Waals surface area contributed by atoms with Crippen LogP contribution in [-0.4, -0.2) is 35.8 Å². The van der Waals surface area contributed by atoms with Crippen molar-refractivity contribution in [1.29, 1.82) is 0 Å². The number of amides is 2. The first-order valence-corrected chi connectivity index (χ1v) is 12.6. The summed E-state index contributed by atoms with van der Waals surface area (Å²) in [6.45, 7) is 2.46. The normalized spacial score (nSPS) is 18.1.